The van der Waals surface area contributed by atoms with Gasteiger partial charge in [-0.25, -0.2) is 0 Å². The molecule has 0 saturated carbocycles. The van der Waals surface area contributed by atoms with E-state index in [9.17, 15) is 0 Å². The third-order valence-electron chi connectivity index (χ3n) is 3.81. The predicted molar refractivity (Wildman–Crippen MR) is 109 cm³/mol. The molecule has 4 nitrogen and oxygen atoms in total. The van der Waals surface area contributed by atoms with Crippen LogP contribution in [0.25, 0.3) is 6.08 Å². The van der Waals surface area contributed by atoms with Gasteiger partial charge in [-0.3, -0.25) is 0 Å². The van der Waals surface area contributed by atoms with Crippen LogP contribution in [-0.4, -0.2) is 17.6 Å². The number of nitrogens with zero attached hydrogens (tertiary/aromatic N) is 2. The summed E-state index contributed by atoms with van der Waals surface area (Å²) >= 11 is 0. The average molecular weight is 332 g/mol. The summed E-state index contributed by atoms with van der Waals surface area (Å²) in [5.74, 6) is 0.528. The summed E-state index contributed by atoms with van der Waals surface area (Å²) in [5, 5.41) is 15.9. The summed E-state index contributed by atoms with van der Waals surface area (Å²) in [7, 11) is 0. The highest BCUT2D eigenvalue weighted by molar-refractivity contribution is 6.38. The van der Waals surface area contributed by atoms with Gasteiger partial charge in [-0.05, 0) is 36.1 Å². The molecule has 0 aliphatic carbocycles. The van der Waals surface area contributed by atoms with Gasteiger partial charge >= 0.3 is 0 Å². The first-order valence-corrected chi connectivity index (χ1v) is 8.27. The van der Waals surface area contributed by atoms with Gasteiger partial charge in [0, 0.05) is 17.5 Å². The van der Waals surface area contributed by atoms with Crippen LogP contribution >= 0.6 is 0 Å². The third-order valence-corrected chi connectivity index (χ3v) is 3.81. The lowest BCUT2D eigenvalue weighted by Gasteiger charge is -2.04. The van der Waals surface area contributed by atoms with Gasteiger partial charge in [0.1, 0.15) is 5.71 Å². The molecule has 0 aliphatic heterocycles. The molecular formula is C21H24N4. The molecule has 0 unspecified atom stereocenters. The summed E-state index contributed by atoms with van der Waals surface area (Å²) < 4.78 is 0. The number of anilines is 1. The Morgan fingerprint density at radius 1 is 1.04 bits per heavy atom. The minimum absolute atomic E-state index is 0.437. The predicted octanol–water partition coefficient (Wildman–Crippen LogP) is 4.92. The molecule has 0 atom stereocenters. The minimum Gasteiger partial charge on any atom is -0.398 e. The first-order chi connectivity index (χ1) is 12.0. The maximum absolute atomic E-state index is 7.53. The third kappa shape index (κ3) is 5.24. The van der Waals surface area contributed by atoms with Crippen LogP contribution in [0, 0.1) is 5.41 Å². The number of hydrogen-bond acceptors (Lipinski definition) is 4. The van der Waals surface area contributed by atoms with Crippen molar-refractivity contribution in [2.24, 2.45) is 10.2 Å². The van der Waals surface area contributed by atoms with E-state index in [1.165, 1.54) is 5.56 Å². The smallest absolute Gasteiger partial charge is 0.112 e. The van der Waals surface area contributed by atoms with Crippen LogP contribution in [0.4, 0.5) is 5.69 Å². The largest absolute Gasteiger partial charge is 0.398 e. The number of nitrogens with one attached hydrogen (secondary N) is 1. The van der Waals surface area contributed by atoms with Gasteiger partial charge in [-0.15, -0.1) is 5.10 Å². The topological polar surface area (TPSA) is 74.6 Å². The number of rotatable bonds is 6. The van der Waals surface area contributed by atoms with E-state index in [0.717, 1.165) is 17.5 Å². The standard InChI is InChI=1S/C21H24N4/c1-15(2)18-12-10-17(11-13-18)9-8-16(3)24-25-21(14-22)19-6-4-5-7-20(19)23/h4-15,22H,23H2,1-3H3/b9-8+,22-14?,24-16-,25-21?. The average Bonchev–Trinajstić information content (AvgIpc) is 2.62. The Kier molecular flexibility index (Phi) is 6.40. The zero-order valence-corrected chi connectivity index (χ0v) is 14.9. The van der Waals surface area contributed by atoms with Crippen molar-refractivity contribution in [1.82, 2.24) is 0 Å². The molecule has 2 aromatic rings. The van der Waals surface area contributed by atoms with Crippen molar-refractivity contribution in [3.05, 3.63) is 71.3 Å². The Balaban J connectivity index is 2.14. The summed E-state index contributed by atoms with van der Waals surface area (Å²) in [6.07, 6.45) is 5.07. The molecule has 2 aromatic carbocycles. The fourth-order valence-corrected chi connectivity index (χ4v) is 2.27. The van der Waals surface area contributed by atoms with Crippen LogP contribution in [0.1, 0.15) is 43.4 Å². The van der Waals surface area contributed by atoms with E-state index in [2.05, 4.69) is 48.3 Å². The maximum atomic E-state index is 7.53. The van der Waals surface area contributed by atoms with Gasteiger partial charge in [0.15, 0.2) is 0 Å². The van der Waals surface area contributed by atoms with Crippen molar-refractivity contribution in [2.75, 3.05) is 5.73 Å². The fourth-order valence-electron chi connectivity index (χ4n) is 2.27. The van der Waals surface area contributed by atoms with Crippen LogP contribution in [-0.2, 0) is 0 Å². The lowest BCUT2D eigenvalue weighted by atomic mass is 10.0. The van der Waals surface area contributed by atoms with Crippen LogP contribution in [0.5, 0.6) is 0 Å². The number of allylic oxidation sites excluding steroid dienone is 1. The summed E-state index contributed by atoms with van der Waals surface area (Å²) in [6.45, 7) is 6.23. The SMILES string of the molecule is CC(/C=C/c1ccc(C(C)C)cc1)=N/N=C(C=N)c1ccccc1N. The highest BCUT2D eigenvalue weighted by Gasteiger charge is 2.03. The zero-order chi connectivity index (χ0) is 18.2. The van der Waals surface area contributed by atoms with Crippen molar-refractivity contribution in [2.45, 2.75) is 26.7 Å². The number of nitrogens with two attached hydrogens (primary N) is 1. The second-order valence-corrected chi connectivity index (χ2v) is 6.11. The molecule has 0 aliphatic rings. The molecule has 0 aromatic heterocycles. The Morgan fingerprint density at radius 2 is 1.72 bits per heavy atom. The van der Waals surface area contributed by atoms with Crippen molar-refractivity contribution in [3.63, 3.8) is 0 Å². The van der Waals surface area contributed by atoms with Crippen molar-refractivity contribution < 1.29 is 0 Å². The fraction of sp³-hybridized carbons (Fsp3) is 0.190. The molecule has 128 valence electrons. The highest BCUT2D eigenvalue weighted by atomic mass is 15.2. The van der Waals surface area contributed by atoms with E-state index in [1.54, 1.807) is 6.07 Å². The summed E-state index contributed by atoms with van der Waals surface area (Å²) in [6, 6.07) is 15.8. The first kappa shape index (κ1) is 18.3. The van der Waals surface area contributed by atoms with E-state index < -0.39 is 0 Å². The van der Waals surface area contributed by atoms with E-state index in [4.69, 9.17) is 11.1 Å². The first-order valence-electron chi connectivity index (χ1n) is 8.27. The van der Waals surface area contributed by atoms with Gasteiger partial charge in [0.05, 0.1) is 5.71 Å². The van der Waals surface area contributed by atoms with Gasteiger partial charge in [-0.1, -0.05) is 62.4 Å². The van der Waals surface area contributed by atoms with Crippen LogP contribution < -0.4 is 5.73 Å². The van der Waals surface area contributed by atoms with Crippen molar-refractivity contribution in [1.29, 1.82) is 5.41 Å². The van der Waals surface area contributed by atoms with Crippen LogP contribution in [0.3, 0.4) is 0 Å². The molecule has 0 bridgehead atoms. The number of hydrogen-bond donors (Lipinski definition) is 2. The molecule has 0 radical (unpaired) electrons. The lowest BCUT2D eigenvalue weighted by Crippen LogP contribution is -2.05. The van der Waals surface area contributed by atoms with Crippen molar-refractivity contribution >= 4 is 29.4 Å². The Bertz CT molecular complexity index is 812. The van der Waals surface area contributed by atoms with Crippen molar-refractivity contribution in [3.8, 4) is 0 Å². The van der Waals surface area contributed by atoms with Gasteiger partial charge < -0.3 is 11.1 Å². The van der Waals surface area contributed by atoms with Gasteiger partial charge in [0.25, 0.3) is 0 Å². The molecule has 0 saturated heterocycles. The summed E-state index contributed by atoms with van der Waals surface area (Å²) in [5.41, 5.74) is 10.8. The second-order valence-electron chi connectivity index (χ2n) is 6.11. The molecule has 4 heteroatoms. The molecule has 25 heavy (non-hydrogen) atoms. The Hall–Kier alpha value is -3.01. The minimum atomic E-state index is 0.437. The molecule has 0 fully saturated rings. The summed E-state index contributed by atoms with van der Waals surface area (Å²) in [4.78, 5) is 0. The van der Waals surface area contributed by atoms with Crippen LogP contribution in [0.15, 0.2) is 64.8 Å². The van der Waals surface area contributed by atoms with E-state index in [1.807, 2.05) is 37.3 Å². The molecular weight excluding hydrogens is 308 g/mol. The van der Waals surface area contributed by atoms with E-state index in [0.29, 0.717) is 22.9 Å². The lowest BCUT2D eigenvalue weighted by molar-refractivity contribution is 0.866. The molecule has 0 spiro atoms. The molecule has 0 heterocycles. The zero-order valence-electron chi connectivity index (χ0n) is 14.9. The molecule has 2 rings (SSSR count). The monoisotopic (exact) mass is 332 g/mol. The number of para-hydroxylation sites is 1. The Morgan fingerprint density at radius 3 is 2.32 bits per heavy atom. The quantitative estimate of drug-likeness (QED) is 0.440. The van der Waals surface area contributed by atoms with E-state index in [-0.39, 0.29) is 0 Å². The molecule has 0 amide bonds. The maximum Gasteiger partial charge on any atom is 0.112 e. The van der Waals surface area contributed by atoms with Gasteiger partial charge in [-0.2, -0.15) is 5.10 Å². The normalized spacial score (nSPS) is 12.8. The molecule has 3 N–H and O–H groups in total. The van der Waals surface area contributed by atoms with Gasteiger partial charge in [0.2, 0.25) is 0 Å². The second kappa shape index (κ2) is 8.73. The number of nitrogen functional groups attached to an aromatic ring is 1. The number of benzene rings is 2. The highest BCUT2D eigenvalue weighted by Crippen LogP contribution is 2.15. The van der Waals surface area contributed by atoms with Crippen LogP contribution in [0.2, 0.25) is 0 Å². The van der Waals surface area contributed by atoms with E-state index >= 15 is 0 Å². The Labute approximate surface area is 149 Å².